The average molecular weight is 204 g/mol. The van der Waals surface area contributed by atoms with Crippen LogP contribution >= 0.6 is 0 Å². The fourth-order valence-electron chi connectivity index (χ4n) is 1.37. The highest BCUT2D eigenvalue weighted by Gasteiger charge is 2.07. The number of aromatic nitrogens is 1. The third-order valence-electron chi connectivity index (χ3n) is 2.19. The van der Waals surface area contributed by atoms with Crippen molar-refractivity contribution < 1.29 is 9.52 Å². The van der Waals surface area contributed by atoms with Gasteiger partial charge in [-0.25, -0.2) is 4.98 Å². The quantitative estimate of drug-likeness (QED) is 0.791. The molecular weight excluding hydrogens is 192 g/mol. The van der Waals surface area contributed by atoms with Crippen LogP contribution in [0.25, 0.3) is 11.5 Å². The van der Waals surface area contributed by atoms with Gasteiger partial charge in [-0.15, -0.1) is 0 Å². The summed E-state index contributed by atoms with van der Waals surface area (Å²) in [5, 5.41) is 8.95. The zero-order valence-electron chi connectivity index (χ0n) is 8.13. The first kappa shape index (κ1) is 9.89. The van der Waals surface area contributed by atoms with Gasteiger partial charge in [-0.3, -0.25) is 0 Å². The van der Waals surface area contributed by atoms with E-state index in [0.29, 0.717) is 5.89 Å². The van der Waals surface area contributed by atoms with Crippen LogP contribution in [-0.2, 0) is 0 Å². The molecule has 0 bridgehead atoms. The minimum atomic E-state index is -0.361. The molecule has 15 heavy (non-hydrogen) atoms. The Kier molecular flexibility index (Phi) is 2.80. The van der Waals surface area contributed by atoms with Crippen molar-refractivity contribution in [2.24, 2.45) is 5.73 Å². The van der Waals surface area contributed by atoms with Crippen molar-refractivity contribution >= 4 is 0 Å². The summed E-state index contributed by atoms with van der Waals surface area (Å²) in [6.45, 7) is -0.0744. The molecule has 0 fully saturated rings. The first-order chi connectivity index (χ1) is 7.31. The standard InChI is InChI=1S/C11H12N2O2/c12-10(7-14)8-2-1-3-9(6-8)11-13-4-5-15-11/h1-6,10,14H,7,12H2. The Balaban J connectivity index is 2.35. The van der Waals surface area contributed by atoms with E-state index in [1.165, 1.54) is 6.26 Å². The normalized spacial score (nSPS) is 12.7. The lowest BCUT2D eigenvalue weighted by atomic mass is 10.1. The molecule has 4 nitrogen and oxygen atoms in total. The highest BCUT2D eigenvalue weighted by Crippen LogP contribution is 2.20. The van der Waals surface area contributed by atoms with E-state index in [4.69, 9.17) is 15.3 Å². The van der Waals surface area contributed by atoms with Gasteiger partial charge >= 0.3 is 0 Å². The van der Waals surface area contributed by atoms with E-state index in [2.05, 4.69) is 4.98 Å². The molecule has 1 aromatic heterocycles. The Morgan fingerprint density at radius 1 is 1.47 bits per heavy atom. The molecule has 0 saturated heterocycles. The molecule has 2 rings (SSSR count). The topological polar surface area (TPSA) is 72.3 Å². The van der Waals surface area contributed by atoms with Gasteiger partial charge in [0.1, 0.15) is 6.26 Å². The van der Waals surface area contributed by atoms with Crippen LogP contribution in [-0.4, -0.2) is 16.7 Å². The number of rotatable bonds is 3. The maximum absolute atomic E-state index is 8.95. The summed E-state index contributed by atoms with van der Waals surface area (Å²) < 4.78 is 5.17. The molecular formula is C11H12N2O2. The number of aliphatic hydroxyl groups excluding tert-OH is 1. The van der Waals surface area contributed by atoms with Crippen LogP contribution in [0, 0.1) is 0 Å². The van der Waals surface area contributed by atoms with Crippen LogP contribution in [0.5, 0.6) is 0 Å². The fraction of sp³-hybridized carbons (Fsp3) is 0.182. The van der Waals surface area contributed by atoms with Crippen LogP contribution in [0.1, 0.15) is 11.6 Å². The fourth-order valence-corrected chi connectivity index (χ4v) is 1.37. The molecule has 1 heterocycles. The second-order valence-corrected chi connectivity index (χ2v) is 3.25. The van der Waals surface area contributed by atoms with Gasteiger partial charge in [0.15, 0.2) is 0 Å². The maximum atomic E-state index is 8.95. The van der Waals surface area contributed by atoms with E-state index in [1.54, 1.807) is 6.20 Å². The lowest BCUT2D eigenvalue weighted by Gasteiger charge is -2.08. The van der Waals surface area contributed by atoms with Crippen molar-refractivity contribution in [2.45, 2.75) is 6.04 Å². The van der Waals surface area contributed by atoms with E-state index in [9.17, 15) is 0 Å². The van der Waals surface area contributed by atoms with Crippen LogP contribution in [0.4, 0.5) is 0 Å². The molecule has 3 N–H and O–H groups in total. The number of hydrogen-bond acceptors (Lipinski definition) is 4. The molecule has 2 aromatic rings. The largest absolute Gasteiger partial charge is 0.445 e. The average Bonchev–Trinajstić information content (AvgIpc) is 2.82. The highest BCUT2D eigenvalue weighted by atomic mass is 16.3. The smallest absolute Gasteiger partial charge is 0.225 e. The van der Waals surface area contributed by atoms with Gasteiger partial charge < -0.3 is 15.3 Å². The SMILES string of the molecule is NC(CO)c1cccc(-c2ncco2)c1. The maximum Gasteiger partial charge on any atom is 0.225 e. The second kappa shape index (κ2) is 4.25. The van der Waals surface area contributed by atoms with Crippen LogP contribution in [0.3, 0.4) is 0 Å². The highest BCUT2D eigenvalue weighted by molar-refractivity contribution is 5.54. The molecule has 0 aliphatic rings. The summed E-state index contributed by atoms with van der Waals surface area (Å²) in [7, 11) is 0. The van der Waals surface area contributed by atoms with Crippen LogP contribution in [0.15, 0.2) is 41.1 Å². The van der Waals surface area contributed by atoms with Gasteiger partial charge in [-0.2, -0.15) is 0 Å². The van der Waals surface area contributed by atoms with Gasteiger partial charge in [0.25, 0.3) is 0 Å². The molecule has 4 heteroatoms. The van der Waals surface area contributed by atoms with E-state index >= 15 is 0 Å². The summed E-state index contributed by atoms with van der Waals surface area (Å²) >= 11 is 0. The van der Waals surface area contributed by atoms with Gasteiger partial charge in [-0.05, 0) is 17.7 Å². The van der Waals surface area contributed by atoms with Crippen molar-refractivity contribution in [1.82, 2.24) is 4.98 Å². The Labute approximate surface area is 87.4 Å². The monoisotopic (exact) mass is 204 g/mol. The Morgan fingerprint density at radius 2 is 2.33 bits per heavy atom. The third-order valence-corrected chi connectivity index (χ3v) is 2.19. The zero-order chi connectivity index (χ0) is 10.7. The van der Waals surface area contributed by atoms with E-state index in [-0.39, 0.29) is 12.6 Å². The van der Waals surface area contributed by atoms with E-state index in [0.717, 1.165) is 11.1 Å². The van der Waals surface area contributed by atoms with Gasteiger partial charge in [0, 0.05) is 5.56 Å². The van der Waals surface area contributed by atoms with Crippen molar-refractivity contribution in [2.75, 3.05) is 6.61 Å². The molecule has 0 radical (unpaired) electrons. The number of hydrogen-bond donors (Lipinski definition) is 2. The summed E-state index contributed by atoms with van der Waals surface area (Å²) in [5.41, 5.74) is 7.45. The molecule has 0 aliphatic heterocycles. The Morgan fingerprint density at radius 3 is 3.00 bits per heavy atom. The second-order valence-electron chi connectivity index (χ2n) is 3.25. The van der Waals surface area contributed by atoms with Crippen LogP contribution in [0.2, 0.25) is 0 Å². The molecule has 0 saturated carbocycles. The Hall–Kier alpha value is -1.65. The summed E-state index contributed by atoms with van der Waals surface area (Å²) in [4.78, 5) is 4.04. The van der Waals surface area contributed by atoms with Gasteiger partial charge in [-0.1, -0.05) is 12.1 Å². The van der Waals surface area contributed by atoms with Gasteiger partial charge in [0.2, 0.25) is 5.89 Å². The number of aliphatic hydroxyl groups is 1. The first-order valence-corrected chi connectivity index (χ1v) is 4.67. The Bertz CT molecular complexity index is 426. The molecule has 0 spiro atoms. The summed E-state index contributed by atoms with van der Waals surface area (Å²) in [5.74, 6) is 0.557. The van der Waals surface area contributed by atoms with Crippen molar-refractivity contribution in [1.29, 1.82) is 0 Å². The van der Waals surface area contributed by atoms with E-state index in [1.807, 2.05) is 24.3 Å². The zero-order valence-corrected chi connectivity index (χ0v) is 8.13. The molecule has 1 unspecified atom stereocenters. The minimum absolute atomic E-state index is 0.0744. The third kappa shape index (κ3) is 2.06. The number of nitrogens with zero attached hydrogens (tertiary/aromatic N) is 1. The number of benzene rings is 1. The van der Waals surface area contributed by atoms with Crippen molar-refractivity contribution in [3.05, 3.63) is 42.3 Å². The molecule has 1 aromatic carbocycles. The summed E-state index contributed by atoms with van der Waals surface area (Å²) in [6.07, 6.45) is 3.11. The predicted octanol–water partition coefficient (Wildman–Crippen LogP) is 1.33. The van der Waals surface area contributed by atoms with Crippen molar-refractivity contribution in [3.63, 3.8) is 0 Å². The molecule has 0 aliphatic carbocycles. The molecule has 78 valence electrons. The lowest BCUT2D eigenvalue weighted by molar-refractivity contribution is 0.268. The minimum Gasteiger partial charge on any atom is -0.445 e. The number of oxazole rings is 1. The van der Waals surface area contributed by atoms with Gasteiger partial charge in [0.05, 0.1) is 18.8 Å². The molecule has 0 amide bonds. The number of nitrogens with two attached hydrogens (primary N) is 1. The van der Waals surface area contributed by atoms with Crippen LogP contribution < -0.4 is 5.73 Å². The van der Waals surface area contributed by atoms with Crippen molar-refractivity contribution in [3.8, 4) is 11.5 Å². The lowest BCUT2D eigenvalue weighted by Crippen LogP contribution is -2.14. The first-order valence-electron chi connectivity index (χ1n) is 4.67. The molecule has 1 atom stereocenters. The van der Waals surface area contributed by atoms with E-state index < -0.39 is 0 Å². The predicted molar refractivity (Wildman–Crippen MR) is 56.0 cm³/mol. The summed E-state index contributed by atoms with van der Waals surface area (Å²) in [6, 6.07) is 7.13.